The zero-order chi connectivity index (χ0) is 18.1. The van der Waals surface area contributed by atoms with Crippen LogP contribution < -0.4 is 10.1 Å². The van der Waals surface area contributed by atoms with Crippen LogP contribution in [-0.4, -0.2) is 24.2 Å². The van der Waals surface area contributed by atoms with Crippen LogP contribution >= 0.6 is 0 Å². The molecule has 2 N–H and O–H groups in total. The summed E-state index contributed by atoms with van der Waals surface area (Å²) in [5, 5.41) is 21.6. The molecule has 25 heavy (non-hydrogen) atoms. The lowest BCUT2D eigenvalue weighted by Gasteiger charge is -2.18. The van der Waals surface area contributed by atoms with Crippen LogP contribution in [0.5, 0.6) is 5.75 Å². The van der Waals surface area contributed by atoms with Crippen molar-refractivity contribution in [1.29, 1.82) is 5.26 Å². The van der Waals surface area contributed by atoms with E-state index in [1.807, 2.05) is 36.4 Å². The average molecular weight is 338 g/mol. The van der Waals surface area contributed by atoms with Gasteiger partial charge in [0, 0.05) is 19.0 Å². The molecule has 0 saturated carbocycles. The minimum atomic E-state index is -0.795. The fourth-order valence-electron chi connectivity index (χ4n) is 2.69. The van der Waals surface area contributed by atoms with Gasteiger partial charge in [-0.3, -0.25) is 4.79 Å². The number of methoxy groups -OCH3 is 1. The van der Waals surface area contributed by atoms with Gasteiger partial charge in [0.1, 0.15) is 11.8 Å². The molecule has 130 valence electrons. The minimum Gasteiger partial charge on any atom is -0.495 e. The van der Waals surface area contributed by atoms with Gasteiger partial charge < -0.3 is 15.2 Å². The van der Waals surface area contributed by atoms with Crippen LogP contribution in [0.3, 0.4) is 0 Å². The molecule has 0 radical (unpaired) electrons. The first-order valence-corrected chi connectivity index (χ1v) is 8.18. The van der Waals surface area contributed by atoms with Crippen molar-refractivity contribution in [3.05, 3.63) is 65.2 Å². The minimum absolute atomic E-state index is 0.0473. The quantitative estimate of drug-likeness (QED) is 0.734. The summed E-state index contributed by atoms with van der Waals surface area (Å²) in [6.07, 6.45) is 1.43. The fraction of sp³-hybridized carbons (Fsp3) is 0.300. The zero-order valence-electron chi connectivity index (χ0n) is 14.2. The molecule has 0 aromatic heterocycles. The SMILES string of the molecule is COc1ccc(CNC(CCC(=O)O)Cc2ccccc2)cc1C#N. The van der Waals surface area contributed by atoms with Gasteiger partial charge in [-0.1, -0.05) is 36.4 Å². The lowest BCUT2D eigenvalue weighted by atomic mass is 10.0. The summed E-state index contributed by atoms with van der Waals surface area (Å²) in [6.45, 7) is 0.565. The topological polar surface area (TPSA) is 82.3 Å². The molecule has 5 nitrogen and oxygen atoms in total. The third-order valence-electron chi connectivity index (χ3n) is 4.01. The van der Waals surface area contributed by atoms with Gasteiger partial charge in [0.2, 0.25) is 0 Å². The molecular formula is C20H22N2O3. The molecule has 0 spiro atoms. The molecule has 0 saturated heterocycles. The van der Waals surface area contributed by atoms with Crippen LogP contribution in [0.4, 0.5) is 0 Å². The molecule has 0 fully saturated rings. The van der Waals surface area contributed by atoms with Gasteiger partial charge in [0.25, 0.3) is 0 Å². The Balaban J connectivity index is 2.03. The molecule has 0 aliphatic rings. The molecule has 2 aromatic carbocycles. The first kappa shape index (κ1) is 18.5. The second-order valence-electron chi connectivity index (χ2n) is 5.85. The second kappa shape index (κ2) is 9.45. The normalized spacial score (nSPS) is 11.5. The molecular weight excluding hydrogens is 316 g/mol. The maximum Gasteiger partial charge on any atom is 0.303 e. The highest BCUT2D eigenvalue weighted by Gasteiger charge is 2.12. The number of rotatable bonds is 9. The smallest absolute Gasteiger partial charge is 0.303 e. The maximum atomic E-state index is 10.9. The molecule has 1 atom stereocenters. The van der Waals surface area contributed by atoms with Crippen molar-refractivity contribution in [2.24, 2.45) is 0 Å². The van der Waals surface area contributed by atoms with Gasteiger partial charge in [0.15, 0.2) is 0 Å². The number of carboxylic acids is 1. The van der Waals surface area contributed by atoms with E-state index in [1.54, 1.807) is 12.1 Å². The van der Waals surface area contributed by atoms with Crippen LogP contribution in [0.2, 0.25) is 0 Å². The first-order valence-electron chi connectivity index (χ1n) is 8.18. The standard InChI is InChI=1S/C20H22N2O3/c1-25-19-9-7-16(11-17(19)13-21)14-22-18(8-10-20(23)24)12-15-5-3-2-4-6-15/h2-7,9,11,18,22H,8,10,12,14H2,1H3,(H,23,24). The Hall–Kier alpha value is -2.84. The van der Waals surface area contributed by atoms with Gasteiger partial charge in [-0.2, -0.15) is 5.26 Å². The Morgan fingerprint density at radius 3 is 2.64 bits per heavy atom. The number of nitriles is 1. The molecule has 2 aromatic rings. The van der Waals surface area contributed by atoms with Crippen LogP contribution in [0.25, 0.3) is 0 Å². The number of hydrogen-bond acceptors (Lipinski definition) is 4. The lowest BCUT2D eigenvalue weighted by Crippen LogP contribution is -2.31. The Morgan fingerprint density at radius 1 is 1.24 bits per heavy atom. The van der Waals surface area contributed by atoms with Crippen molar-refractivity contribution in [3.63, 3.8) is 0 Å². The Kier molecular flexibility index (Phi) is 7.00. The summed E-state index contributed by atoms with van der Waals surface area (Å²) in [6, 6.07) is 17.6. The van der Waals surface area contributed by atoms with Gasteiger partial charge >= 0.3 is 5.97 Å². The van der Waals surface area contributed by atoms with Crippen molar-refractivity contribution < 1.29 is 14.6 Å². The van der Waals surface area contributed by atoms with E-state index in [9.17, 15) is 10.1 Å². The summed E-state index contributed by atoms with van der Waals surface area (Å²) < 4.78 is 5.15. The Labute approximate surface area is 147 Å². The van der Waals surface area contributed by atoms with E-state index in [1.165, 1.54) is 7.11 Å². The van der Waals surface area contributed by atoms with E-state index in [0.717, 1.165) is 17.5 Å². The number of ether oxygens (including phenoxy) is 1. The van der Waals surface area contributed by atoms with Crippen molar-refractivity contribution in [2.75, 3.05) is 7.11 Å². The summed E-state index contributed by atoms with van der Waals surface area (Å²) in [4.78, 5) is 10.9. The van der Waals surface area contributed by atoms with E-state index in [4.69, 9.17) is 9.84 Å². The fourth-order valence-corrected chi connectivity index (χ4v) is 2.69. The average Bonchev–Trinajstić information content (AvgIpc) is 2.64. The first-order chi connectivity index (χ1) is 12.1. The molecule has 2 rings (SSSR count). The molecule has 0 aliphatic heterocycles. The number of nitrogens with one attached hydrogen (secondary N) is 1. The van der Waals surface area contributed by atoms with Crippen LogP contribution in [0.1, 0.15) is 29.5 Å². The highest BCUT2D eigenvalue weighted by Crippen LogP contribution is 2.19. The second-order valence-corrected chi connectivity index (χ2v) is 5.85. The predicted molar refractivity (Wildman–Crippen MR) is 95.4 cm³/mol. The van der Waals surface area contributed by atoms with E-state index >= 15 is 0 Å². The van der Waals surface area contributed by atoms with E-state index in [-0.39, 0.29) is 12.5 Å². The highest BCUT2D eigenvalue weighted by atomic mass is 16.5. The summed E-state index contributed by atoms with van der Waals surface area (Å²) in [5.41, 5.74) is 2.62. The number of benzene rings is 2. The van der Waals surface area contributed by atoms with Gasteiger partial charge in [-0.15, -0.1) is 0 Å². The van der Waals surface area contributed by atoms with Gasteiger partial charge in [-0.25, -0.2) is 0 Å². The number of nitrogens with zero attached hydrogens (tertiary/aromatic N) is 1. The van der Waals surface area contributed by atoms with E-state index in [0.29, 0.717) is 24.3 Å². The molecule has 0 aliphatic carbocycles. The molecule has 1 unspecified atom stereocenters. The summed E-state index contributed by atoms with van der Waals surface area (Å²) in [7, 11) is 1.54. The largest absolute Gasteiger partial charge is 0.495 e. The molecule has 0 bridgehead atoms. The van der Waals surface area contributed by atoms with Gasteiger partial charge in [0.05, 0.1) is 12.7 Å². The monoisotopic (exact) mass is 338 g/mol. The summed E-state index contributed by atoms with van der Waals surface area (Å²) in [5.74, 6) is -0.242. The molecule has 0 amide bonds. The predicted octanol–water partition coefficient (Wildman–Crippen LogP) is 3.13. The lowest BCUT2D eigenvalue weighted by molar-refractivity contribution is -0.137. The van der Waals surface area contributed by atoms with Crippen LogP contribution in [0.15, 0.2) is 48.5 Å². The van der Waals surface area contributed by atoms with Crippen LogP contribution in [-0.2, 0) is 17.8 Å². The zero-order valence-corrected chi connectivity index (χ0v) is 14.2. The third-order valence-corrected chi connectivity index (χ3v) is 4.01. The number of carboxylic acid groups (broad SMARTS) is 1. The maximum absolute atomic E-state index is 10.9. The Bertz CT molecular complexity index is 738. The number of carbonyl (C=O) groups is 1. The Morgan fingerprint density at radius 2 is 2.00 bits per heavy atom. The highest BCUT2D eigenvalue weighted by molar-refractivity contribution is 5.66. The molecule has 5 heteroatoms. The van der Waals surface area contributed by atoms with Gasteiger partial charge in [-0.05, 0) is 36.1 Å². The van der Waals surface area contributed by atoms with Crippen molar-refractivity contribution in [2.45, 2.75) is 31.8 Å². The van der Waals surface area contributed by atoms with Crippen molar-refractivity contribution in [3.8, 4) is 11.8 Å². The molecule has 0 heterocycles. The van der Waals surface area contributed by atoms with Crippen LogP contribution in [0, 0.1) is 11.3 Å². The third kappa shape index (κ3) is 5.94. The van der Waals surface area contributed by atoms with E-state index in [2.05, 4.69) is 11.4 Å². The van der Waals surface area contributed by atoms with Crippen molar-refractivity contribution in [1.82, 2.24) is 5.32 Å². The number of aliphatic carboxylic acids is 1. The number of hydrogen-bond donors (Lipinski definition) is 2. The van der Waals surface area contributed by atoms with E-state index < -0.39 is 5.97 Å². The summed E-state index contributed by atoms with van der Waals surface area (Å²) >= 11 is 0. The van der Waals surface area contributed by atoms with Crippen molar-refractivity contribution >= 4 is 5.97 Å².